The van der Waals surface area contributed by atoms with E-state index in [1.807, 2.05) is 49.8 Å². The Morgan fingerprint density at radius 2 is 1.96 bits per heavy atom. The van der Waals surface area contributed by atoms with Crippen molar-refractivity contribution in [2.75, 3.05) is 20.2 Å². The Hall–Kier alpha value is -2.50. The normalized spacial score (nSPS) is 11.5. The molecule has 0 saturated carbocycles. The Labute approximate surface area is 143 Å². The van der Waals surface area contributed by atoms with Gasteiger partial charge in [0.1, 0.15) is 12.4 Å². The van der Waals surface area contributed by atoms with Crippen molar-refractivity contribution in [1.82, 2.24) is 20.4 Å². The number of benzene rings is 1. The van der Waals surface area contributed by atoms with E-state index < -0.39 is 0 Å². The summed E-state index contributed by atoms with van der Waals surface area (Å²) in [6.45, 7) is 8.10. The minimum atomic E-state index is 0.580. The van der Waals surface area contributed by atoms with Gasteiger partial charge in [0.2, 0.25) is 0 Å². The first-order chi connectivity index (χ1) is 11.5. The molecule has 130 valence electrons. The molecule has 1 aromatic carbocycles. The zero-order valence-electron chi connectivity index (χ0n) is 15.2. The van der Waals surface area contributed by atoms with Crippen molar-refractivity contribution in [3.05, 3.63) is 46.8 Å². The number of ether oxygens (including phenoxy) is 1. The Bertz CT molecular complexity index is 705. The highest BCUT2D eigenvalue weighted by atomic mass is 16.5. The Kier molecular flexibility index (Phi) is 6.23. The molecule has 0 aliphatic rings. The van der Waals surface area contributed by atoms with Crippen LogP contribution in [0.1, 0.15) is 22.5 Å². The first-order valence-electron chi connectivity index (χ1n) is 8.15. The molecular weight excluding hydrogens is 302 g/mol. The van der Waals surface area contributed by atoms with E-state index in [0.29, 0.717) is 19.7 Å². The molecule has 0 amide bonds. The SMILES string of the molecule is CN=C(NCCOc1ccccc1C)NCc1c(C)nn(C)c1C. The van der Waals surface area contributed by atoms with Crippen LogP contribution in [0.4, 0.5) is 0 Å². The number of hydrogen-bond acceptors (Lipinski definition) is 3. The van der Waals surface area contributed by atoms with Crippen LogP contribution in [0.25, 0.3) is 0 Å². The fraction of sp³-hybridized carbons (Fsp3) is 0.444. The van der Waals surface area contributed by atoms with Crippen LogP contribution >= 0.6 is 0 Å². The molecule has 0 saturated heterocycles. The second-order valence-corrected chi connectivity index (χ2v) is 5.74. The van der Waals surface area contributed by atoms with Crippen LogP contribution in [0.5, 0.6) is 5.75 Å². The maximum absolute atomic E-state index is 5.78. The third kappa shape index (κ3) is 4.50. The smallest absolute Gasteiger partial charge is 0.191 e. The average Bonchev–Trinajstić information content (AvgIpc) is 2.81. The van der Waals surface area contributed by atoms with E-state index in [-0.39, 0.29) is 0 Å². The second kappa shape index (κ2) is 8.38. The van der Waals surface area contributed by atoms with Gasteiger partial charge in [0.25, 0.3) is 0 Å². The molecule has 2 rings (SSSR count). The van der Waals surface area contributed by atoms with Crippen molar-refractivity contribution >= 4 is 5.96 Å². The molecule has 6 heteroatoms. The van der Waals surface area contributed by atoms with Crippen molar-refractivity contribution in [3.8, 4) is 5.75 Å². The molecule has 24 heavy (non-hydrogen) atoms. The molecule has 0 radical (unpaired) electrons. The summed E-state index contributed by atoms with van der Waals surface area (Å²) in [4.78, 5) is 4.24. The van der Waals surface area contributed by atoms with Gasteiger partial charge in [-0.2, -0.15) is 5.10 Å². The van der Waals surface area contributed by atoms with Crippen LogP contribution in [-0.4, -0.2) is 35.9 Å². The summed E-state index contributed by atoms with van der Waals surface area (Å²) in [7, 11) is 3.72. The number of para-hydroxylation sites is 1. The van der Waals surface area contributed by atoms with Gasteiger partial charge < -0.3 is 15.4 Å². The van der Waals surface area contributed by atoms with Crippen LogP contribution in [0.3, 0.4) is 0 Å². The molecule has 0 spiro atoms. The quantitative estimate of drug-likeness (QED) is 0.484. The van der Waals surface area contributed by atoms with Gasteiger partial charge in [0.05, 0.1) is 12.2 Å². The van der Waals surface area contributed by atoms with Crippen LogP contribution in [0.2, 0.25) is 0 Å². The summed E-state index contributed by atoms with van der Waals surface area (Å²) in [5, 5.41) is 11.0. The van der Waals surface area contributed by atoms with E-state index in [1.165, 1.54) is 11.3 Å². The largest absolute Gasteiger partial charge is 0.491 e. The first-order valence-corrected chi connectivity index (χ1v) is 8.15. The number of nitrogens with zero attached hydrogens (tertiary/aromatic N) is 3. The number of hydrogen-bond donors (Lipinski definition) is 2. The molecule has 0 aliphatic heterocycles. The second-order valence-electron chi connectivity index (χ2n) is 5.74. The predicted molar refractivity (Wildman–Crippen MR) is 97.6 cm³/mol. The highest BCUT2D eigenvalue weighted by molar-refractivity contribution is 5.79. The van der Waals surface area contributed by atoms with Gasteiger partial charge >= 0.3 is 0 Å². The van der Waals surface area contributed by atoms with Gasteiger partial charge in [-0.15, -0.1) is 0 Å². The van der Waals surface area contributed by atoms with Gasteiger partial charge in [0.15, 0.2) is 5.96 Å². The lowest BCUT2D eigenvalue weighted by Gasteiger charge is -2.13. The first kappa shape index (κ1) is 17.8. The molecule has 0 atom stereocenters. The fourth-order valence-electron chi connectivity index (χ4n) is 2.51. The van der Waals surface area contributed by atoms with E-state index >= 15 is 0 Å². The summed E-state index contributed by atoms with van der Waals surface area (Å²) >= 11 is 0. The molecule has 0 fully saturated rings. The topological polar surface area (TPSA) is 63.5 Å². The summed E-state index contributed by atoms with van der Waals surface area (Å²) in [6.07, 6.45) is 0. The van der Waals surface area contributed by atoms with Crippen molar-refractivity contribution in [2.45, 2.75) is 27.3 Å². The minimum absolute atomic E-state index is 0.580. The van der Waals surface area contributed by atoms with Crippen LogP contribution in [0.15, 0.2) is 29.3 Å². The van der Waals surface area contributed by atoms with Gasteiger partial charge in [0, 0.05) is 31.9 Å². The van der Waals surface area contributed by atoms with Crippen LogP contribution in [-0.2, 0) is 13.6 Å². The van der Waals surface area contributed by atoms with Gasteiger partial charge in [-0.1, -0.05) is 18.2 Å². The molecule has 6 nitrogen and oxygen atoms in total. The molecule has 0 bridgehead atoms. The lowest BCUT2D eigenvalue weighted by atomic mass is 10.2. The molecule has 1 heterocycles. The predicted octanol–water partition coefficient (Wildman–Crippen LogP) is 2.09. The standard InChI is InChI=1S/C18H27N5O/c1-13-8-6-7-9-17(13)24-11-10-20-18(19-4)21-12-16-14(2)22-23(5)15(16)3/h6-9H,10-12H2,1-5H3,(H2,19,20,21). The molecule has 2 aromatic rings. The number of aromatic nitrogens is 2. The Balaban J connectivity index is 1.78. The summed E-state index contributed by atoms with van der Waals surface area (Å²) in [6, 6.07) is 8.02. The third-order valence-electron chi connectivity index (χ3n) is 4.06. The van der Waals surface area contributed by atoms with Crippen molar-refractivity contribution in [2.24, 2.45) is 12.0 Å². The maximum Gasteiger partial charge on any atom is 0.191 e. The van der Waals surface area contributed by atoms with Crippen molar-refractivity contribution < 1.29 is 4.74 Å². The maximum atomic E-state index is 5.78. The van der Waals surface area contributed by atoms with Crippen LogP contribution in [0, 0.1) is 20.8 Å². The van der Waals surface area contributed by atoms with E-state index in [2.05, 4.69) is 27.6 Å². The van der Waals surface area contributed by atoms with E-state index in [1.54, 1.807) is 7.05 Å². The fourth-order valence-corrected chi connectivity index (χ4v) is 2.51. The van der Waals surface area contributed by atoms with Gasteiger partial charge in [-0.25, -0.2) is 0 Å². The molecule has 0 unspecified atom stereocenters. The Morgan fingerprint density at radius 3 is 2.58 bits per heavy atom. The summed E-state index contributed by atoms with van der Waals surface area (Å²) in [5.41, 5.74) is 4.55. The third-order valence-corrected chi connectivity index (χ3v) is 4.06. The highest BCUT2D eigenvalue weighted by Crippen LogP contribution is 2.15. The van der Waals surface area contributed by atoms with Gasteiger partial charge in [-0.3, -0.25) is 9.67 Å². The lowest BCUT2D eigenvalue weighted by Crippen LogP contribution is -2.39. The zero-order chi connectivity index (χ0) is 17.5. The minimum Gasteiger partial charge on any atom is -0.491 e. The molecular formula is C18H27N5O. The van der Waals surface area contributed by atoms with Crippen molar-refractivity contribution in [1.29, 1.82) is 0 Å². The molecule has 2 N–H and O–H groups in total. The number of rotatable bonds is 6. The van der Waals surface area contributed by atoms with Gasteiger partial charge in [-0.05, 0) is 32.4 Å². The summed E-state index contributed by atoms with van der Waals surface area (Å²) in [5.74, 6) is 1.68. The monoisotopic (exact) mass is 329 g/mol. The number of aliphatic imine (C=N–C) groups is 1. The molecule has 0 aliphatic carbocycles. The number of aryl methyl sites for hydroxylation is 3. The molecule has 1 aromatic heterocycles. The van der Waals surface area contributed by atoms with Crippen LogP contribution < -0.4 is 15.4 Å². The summed E-state index contributed by atoms with van der Waals surface area (Å²) < 4.78 is 7.68. The zero-order valence-corrected chi connectivity index (χ0v) is 15.2. The number of guanidine groups is 1. The van der Waals surface area contributed by atoms with E-state index in [4.69, 9.17) is 4.74 Å². The van der Waals surface area contributed by atoms with Crippen molar-refractivity contribution in [3.63, 3.8) is 0 Å². The average molecular weight is 329 g/mol. The Morgan fingerprint density at radius 1 is 1.21 bits per heavy atom. The van der Waals surface area contributed by atoms with E-state index in [9.17, 15) is 0 Å². The number of nitrogens with one attached hydrogen (secondary N) is 2. The van der Waals surface area contributed by atoms with E-state index in [0.717, 1.165) is 23.0 Å². The highest BCUT2D eigenvalue weighted by Gasteiger charge is 2.09. The lowest BCUT2D eigenvalue weighted by molar-refractivity contribution is 0.320.